The second kappa shape index (κ2) is 5.92. The zero-order chi connectivity index (χ0) is 8.69. The Bertz CT molecular complexity index is 143. The van der Waals surface area contributed by atoms with Crippen molar-refractivity contribution in [2.45, 2.75) is 25.8 Å². The van der Waals surface area contributed by atoms with E-state index in [0.717, 1.165) is 6.42 Å². The second-order valence-electron chi connectivity index (χ2n) is 2.28. The van der Waals surface area contributed by atoms with E-state index >= 15 is 0 Å². The number of allylic oxidation sites excluding steroid dienone is 2. The Labute approximate surface area is 67.2 Å². The molecule has 0 bridgehead atoms. The third-order valence-corrected chi connectivity index (χ3v) is 1.38. The van der Waals surface area contributed by atoms with Crippen molar-refractivity contribution in [3.63, 3.8) is 0 Å². The normalized spacial score (nSPS) is 13.4. The van der Waals surface area contributed by atoms with Crippen LogP contribution in [0.1, 0.15) is 19.8 Å². The highest BCUT2D eigenvalue weighted by molar-refractivity contribution is 5.75. The highest BCUT2D eigenvalue weighted by Gasteiger charge is 2.11. The van der Waals surface area contributed by atoms with E-state index in [1.165, 1.54) is 7.11 Å². The monoisotopic (exact) mass is 157 g/mol. The van der Waals surface area contributed by atoms with Crippen LogP contribution in [-0.4, -0.2) is 19.1 Å². The zero-order valence-corrected chi connectivity index (χ0v) is 7.04. The number of hydrogen-bond acceptors (Lipinski definition) is 3. The number of esters is 1. The zero-order valence-electron chi connectivity index (χ0n) is 7.04. The smallest absolute Gasteiger partial charge is 0.322 e. The molecule has 0 aromatic carbocycles. The van der Waals surface area contributed by atoms with E-state index < -0.39 is 6.04 Å². The lowest BCUT2D eigenvalue weighted by Crippen LogP contribution is -2.31. The molecule has 0 radical (unpaired) electrons. The lowest BCUT2D eigenvalue weighted by Gasteiger charge is -2.05. The molecule has 0 aromatic rings. The third kappa shape index (κ3) is 4.56. The largest absolute Gasteiger partial charge is 0.468 e. The summed E-state index contributed by atoms with van der Waals surface area (Å²) in [5, 5.41) is 0. The van der Waals surface area contributed by atoms with Gasteiger partial charge in [-0.05, 0) is 19.8 Å². The number of rotatable bonds is 4. The summed E-state index contributed by atoms with van der Waals surface area (Å²) in [6, 6.07) is -0.476. The molecule has 0 saturated carbocycles. The summed E-state index contributed by atoms with van der Waals surface area (Å²) in [6.45, 7) is 1.93. The van der Waals surface area contributed by atoms with Crippen molar-refractivity contribution >= 4 is 5.97 Å². The minimum absolute atomic E-state index is 0.338. The first-order chi connectivity index (χ1) is 5.22. The van der Waals surface area contributed by atoms with Gasteiger partial charge in [0.15, 0.2) is 0 Å². The second-order valence-corrected chi connectivity index (χ2v) is 2.28. The predicted molar refractivity (Wildman–Crippen MR) is 44.0 cm³/mol. The Hall–Kier alpha value is -0.830. The van der Waals surface area contributed by atoms with Crippen LogP contribution in [0, 0.1) is 0 Å². The Morgan fingerprint density at radius 2 is 2.36 bits per heavy atom. The Morgan fingerprint density at radius 3 is 2.82 bits per heavy atom. The van der Waals surface area contributed by atoms with E-state index in [0.29, 0.717) is 6.42 Å². The molecule has 0 aliphatic rings. The maximum Gasteiger partial charge on any atom is 0.322 e. The molecule has 11 heavy (non-hydrogen) atoms. The van der Waals surface area contributed by atoms with Gasteiger partial charge in [0.1, 0.15) is 6.04 Å². The summed E-state index contributed by atoms with van der Waals surface area (Å²) >= 11 is 0. The molecule has 1 atom stereocenters. The van der Waals surface area contributed by atoms with Gasteiger partial charge in [0.05, 0.1) is 7.11 Å². The van der Waals surface area contributed by atoms with Crippen molar-refractivity contribution in [1.29, 1.82) is 0 Å². The van der Waals surface area contributed by atoms with E-state index in [9.17, 15) is 4.79 Å². The SMILES string of the molecule is C/C=C/CCC(N)C(=O)OC. The fraction of sp³-hybridized carbons (Fsp3) is 0.625. The summed E-state index contributed by atoms with van der Waals surface area (Å²) in [5.41, 5.74) is 5.46. The third-order valence-electron chi connectivity index (χ3n) is 1.38. The van der Waals surface area contributed by atoms with Crippen LogP contribution < -0.4 is 5.73 Å². The van der Waals surface area contributed by atoms with Crippen LogP contribution in [0.2, 0.25) is 0 Å². The molecule has 3 nitrogen and oxygen atoms in total. The summed E-state index contributed by atoms with van der Waals surface area (Å²) in [5.74, 6) is -0.338. The molecule has 0 rings (SSSR count). The summed E-state index contributed by atoms with van der Waals surface area (Å²) in [4.78, 5) is 10.7. The quantitative estimate of drug-likeness (QED) is 0.486. The Morgan fingerprint density at radius 1 is 1.73 bits per heavy atom. The van der Waals surface area contributed by atoms with Gasteiger partial charge in [0, 0.05) is 0 Å². The first-order valence-corrected chi connectivity index (χ1v) is 3.67. The number of methoxy groups -OCH3 is 1. The molecule has 0 spiro atoms. The highest BCUT2D eigenvalue weighted by atomic mass is 16.5. The van der Waals surface area contributed by atoms with E-state index in [1.54, 1.807) is 0 Å². The molecule has 0 aliphatic carbocycles. The van der Waals surface area contributed by atoms with Crippen molar-refractivity contribution in [1.82, 2.24) is 0 Å². The standard InChI is InChI=1S/C8H15NO2/c1-3-4-5-6-7(9)8(10)11-2/h3-4,7H,5-6,9H2,1-2H3/b4-3+. The van der Waals surface area contributed by atoms with Gasteiger partial charge in [-0.1, -0.05) is 12.2 Å². The summed E-state index contributed by atoms with van der Waals surface area (Å²) in [6.07, 6.45) is 5.39. The first kappa shape index (κ1) is 10.2. The molecule has 0 aromatic heterocycles. The molecular formula is C8H15NO2. The lowest BCUT2D eigenvalue weighted by molar-refractivity contribution is -0.142. The molecule has 0 heterocycles. The number of hydrogen-bond donors (Lipinski definition) is 1. The van der Waals surface area contributed by atoms with Crippen LogP contribution >= 0.6 is 0 Å². The maximum atomic E-state index is 10.7. The predicted octanol–water partition coefficient (Wildman–Crippen LogP) is 0.843. The van der Waals surface area contributed by atoms with Crippen LogP contribution in [0.5, 0.6) is 0 Å². The lowest BCUT2D eigenvalue weighted by atomic mass is 10.1. The van der Waals surface area contributed by atoms with Crippen LogP contribution in [0.3, 0.4) is 0 Å². The van der Waals surface area contributed by atoms with Crippen molar-refractivity contribution in [3.05, 3.63) is 12.2 Å². The average Bonchev–Trinajstić information content (AvgIpc) is 2.03. The van der Waals surface area contributed by atoms with Crippen LogP contribution in [-0.2, 0) is 9.53 Å². The Balaban J connectivity index is 3.51. The van der Waals surface area contributed by atoms with Gasteiger partial charge >= 0.3 is 5.97 Å². The van der Waals surface area contributed by atoms with E-state index in [2.05, 4.69) is 4.74 Å². The molecular weight excluding hydrogens is 142 g/mol. The van der Waals surface area contributed by atoms with Crippen molar-refractivity contribution in [3.8, 4) is 0 Å². The van der Waals surface area contributed by atoms with E-state index in [4.69, 9.17) is 5.73 Å². The minimum atomic E-state index is -0.476. The van der Waals surface area contributed by atoms with Crippen molar-refractivity contribution < 1.29 is 9.53 Å². The molecule has 0 amide bonds. The number of nitrogens with two attached hydrogens (primary N) is 1. The average molecular weight is 157 g/mol. The molecule has 0 saturated heterocycles. The molecule has 1 unspecified atom stereocenters. The Kier molecular flexibility index (Phi) is 5.47. The molecule has 3 heteroatoms. The van der Waals surface area contributed by atoms with Gasteiger partial charge in [-0.15, -0.1) is 0 Å². The maximum absolute atomic E-state index is 10.7. The van der Waals surface area contributed by atoms with Crippen molar-refractivity contribution in [2.75, 3.05) is 7.11 Å². The van der Waals surface area contributed by atoms with Gasteiger partial charge in [0.25, 0.3) is 0 Å². The van der Waals surface area contributed by atoms with Crippen LogP contribution in [0.25, 0.3) is 0 Å². The van der Waals surface area contributed by atoms with E-state index in [-0.39, 0.29) is 5.97 Å². The van der Waals surface area contributed by atoms with Gasteiger partial charge < -0.3 is 10.5 Å². The summed E-state index contributed by atoms with van der Waals surface area (Å²) in [7, 11) is 1.35. The molecule has 64 valence electrons. The minimum Gasteiger partial charge on any atom is -0.468 e. The first-order valence-electron chi connectivity index (χ1n) is 3.67. The molecule has 0 fully saturated rings. The highest BCUT2D eigenvalue weighted by Crippen LogP contribution is 1.97. The van der Waals surface area contributed by atoms with E-state index in [1.807, 2.05) is 19.1 Å². The van der Waals surface area contributed by atoms with Crippen molar-refractivity contribution in [2.24, 2.45) is 5.73 Å². The number of carbonyl (C=O) groups excluding carboxylic acids is 1. The summed E-state index contributed by atoms with van der Waals surface area (Å²) < 4.78 is 4.45. The van der Waals surface area contributed by atoms with Gasteiger partial charge in [-0.25, -0.2) is 0 Å². The fourth-order valence-electron chi connectivity index (χ4n) is 0.712. The van der Waals surface area contributed by atoms with Crippen LogP contribution in [0.4, 0.5) is 0 Å². The van der Waals surface area contributed by atoms with Crippen LogP contribution in [0.15, 0.2) is 12.2 Å². The number of carbonyl (C=O) groups is 1. The fourth-order valence-corrected chi connectivity index (χ4v) is 0.712. The van der Waals surface area contributed by atoms with Gasteiger partial charge in [-0.3, -0.25) is 4.79 Å². The van der Waals surface area contributed by atoms with Gasteiger partial charge in [0.2, 0.25) is 0 Å². The topological polar surface area (TPSA) is 52.3 Å². The molecule has 2 N–H and O–H groups in total. The van der Waals surface area contributed by atoms with Gasteiger partial charge in [-0.2, -0.15) is 0 Å². The number of ether oxygens (including phenoxy) is 1. The molecule has 0 aliphatic heterocycles.